The number of hydrogen-bond donors (Lipinski definition) is 4. The summed E-state index contributed by atoms with van der Waals surface area (Å²) in [6.45, 7) is 0.616. The molecule has 2 aromatic carbocycles. The minimum atomic E-state index is -1.26. The zero-order valence-corrected chi connectivity index (χ0v) is 13.6. The van der Waals surface area contributed by atoms with Gasteiger partial charge in [0.05, 0.1) is 6.04 Å². The van der Waals surface area contributed by atoms with Gasteiger partial charge >= 0.3 is 11.9 Å². The number of aliphatic carboxylic acids is 2. The molecular weight excluding hydrogens is 320 g/mol. The Kier molecular flexibility index (Phi) is 6.31. The summed E-state index contributed by atoms with van der Waals surface area (Å²) in [6, 6.07) is 17.2. The number of carboxylic acid groups (broad SMARTS) is 2. The quantitative estimate of drug-likeness (QED) is 0.638. The molecular formula is C19H20N2O4. The molecule has 130 valence electrons. The summed E-state index contributed by atoms with van der Waals surface area (Å²) >= 11 is 0. The van der Waals surface area contributed by atoms with Crippen molar-refractivity contribution in [1.29, 1.82) is 0 Å². The normalized spacial score (nSPS) is 15.0. The Morgan fingerprint density at radius 1 is 1.00 bits per heavy atom. The fourth-order valence-electron chi connectivity index (χ4n) is 2.65. The second-order valence-electron chi connectivity index (χ2n) is 5.48. The molecule has 6 heteroatoms. The van der Waals surface area contributed by atoms with Gasteiger partial charge in [-0.2, -0.15) is 0 Å². The van der Waals surface area contributed by atoms with Gasteiger partial charge in [0.2, 0.25) is 0 Å². The van der Waals surface area contributed by atoms with E-state index in [9.17, 15) is 9.59 Å². The Morgan fingerprint density at radius 3 is 2.16 bits per heavy atom. The van der Waals surface area contributed by atoms with Crippen LogP contribution in [-0.4, -0.2) is 28.7 Å². The SMILES string of the molecule is NCC1Nc2ccccc2Cc2ccccc21.O=C(O)/C=C/C(=O)O. The van der Waals surface area contributed by atoms with Gasteiger partial charge in [-0.15, -0.1) is 0 Å². The van der Waals surface area contributed by atoms with Crippen LogP contribution in [0.2, 0.25) is 0 Å². The predicted molar refractivity (Wildman–Crippen MR) is 95.5 cm³/mol. The third kappa shape index (κ3) is 5.19. The molecule has 2 aromatic rings. The minimum Gasteiger partial charge on any atom is -0.478 e. The molecule has 1 aliphatic heterocycles. The molecule has 0 amide bonds. The van der Waals surface area contributed by atoms with Crippen molar-refractivity contribution in [2.24, 2.45) is 5.73 Å². The van der Waals surface area contributed by atoms with E-state index in [4.69, 9.17) is 15.9 Å². The van der Waals surface area contributed by atoms with E-state index in [2.05, 4.69) is 53.8 Å². The number of nitrogens with two attached hydrogens (primary N) is 1. The van der Waals surface area contributed by atoms with Gasteiger partial charge in [-0.3, -0.25) is 0 Å². The van der Waals surface area contributed by atoms with Crippen LogP contribution in [0.5, 0.6) is 0 Å². The van der Waals surface area contributed by atoms with E-state index in [-0.39, 0.29) is 6.04 Å². The zero-order valence-electron chi connectivity index (χ0n) is 13.6. The Labute approximate surface area is 145 Å². The summed E-state index contributed by atoms with van der Waals surface area (Å²) in [7, 11) is 0. The molecule has 5 N–H and O–H groups in total. The summed E-state index contributed by atoms with van der Waals surface area (Å²) < 4.78 is 0. The largest absolute Gasteiger partial charge is 0.478 e. The molecule has 0 saturated carbocycles. The number of carbonyl (C=O) groups is 2. The van der Waals surface area contributed by atoms with E-state index in [1.54, 1.807) is 0 Å². The summed E-state index contributed by atoms with van der Waals surface area (Å²) in [5, 5.41) is 19.2. The lowest BCUT2D eigenvalue weighted by Crippen LogP contribution is -2.20. The summed E-state index contributed by atoms with van der Waals surface area (Å²) in [6.07, 6.45) is 2.10. The molecule has 1 atom stereocenters. The highest BCUT2D eigenvalue weighted by Crippen LogP contribution is 2.31. The average molecular weight is 340 g/mol. The Hall–Kier alpha value is -3.12. The highest BCUT2D eigenvalue weighted by molar-refractivity contribution is 5.89. The molecule has 0 spiro atoms. The molecule has 1 aliphatic rings. The monoisotopic (exact) mass is 340 g/mol. The summed E-state index contributed by atoms with van der Waals surface area (Å²) in [4.78, 5) is 19.1. The first-order chi connectivity index (χ1) is 12.0. The van der Waals surface area contributed by atoms with Gasteiger partial charge in [-0.1, -0.05) is 42.5 Å². The van der Waals surface area contributed by atoms with E-state index in [0.717, 1.165) is 6.42 Å². The number of nitrogens with one attached hydrogen (secondary N) is 1. The lowest BCUT2D eigenvalue weighted by atomic mass is 9.97. The molecule has 0 bridgehead atoms. The lowest BCUT2D eigenvalue weighted by molar-refractivity contribution is -0.134. The van der Waals surface area contributed by atoms with Gasteiger partial charge in [0.25, 0.3) is 0 Å². The fraction of sp³-hybridized carbons (Fsp3) is 0.158. The predicted octanol–water partition coefficient (Wildman–Crippen LogP) is 2.41. The third-order valence-electron chi connectivity index (χ3n) is 3.76. The first-order valence-corrected chi connectivity index (χ1v) is 7.77. The van der Waals surface area contributed by atoms with Crippen LogP contribution in [0.3, 0.4) is 0 Å². The van der Waals surface area contributed by atoms with Gasteiger partial charge in [-0.05, 0) is 29.2 Å². The molecule has 1 heterocycles. The van der Waals surface area contributed by atoms with Crippen molar-refractivity contribution < 1.29 is 19.8 Å². The van der Waals surface area contributed by atoms with E-state index < -0.39 is 11.9 Å². The molecule has 0 aromatic heterocycles. The van der Waals surface area contributed by atoms with Gasteiger partial charge in [-0.25, -0.2) is 9.59 Å². The number of carboxylic acids is 2. The fourth-order valence-corrected chi connectivity index (χ4v) is 2.65. The van der Waals surface area contributed by atoms with Crippen LogP contribution in [0, 0.1) is 0 Å². The average Bonchev–Trinajstić information content (AvgIpc) is 2.76. The highest BCUT2D eigenvalue weighted by atomic mass is 16.4. The van der Waals surface area contributed by atoms with Crippen LogP contribution < -0.4 is 11.1 Å². The number of anilines is 1. The van der Waals surface area contributed by atoms with Crippen molar-refractivity contribution in [2.45, 2.75) is 12.5 Å². The number of rotatable bonds is 3. The van der Waals surface area contributed by atoms with Crippen molar-refractivity contribution in [3.8, 4) is 0 Å². The van der Waals surface area contributed by atoms with E-state index in [0.29, 0.717) is 18.7 Å². The second kappa shape index (κ2) is 8.65. The number of hydrogen-bond acceptors (Lipinski definition) is 4. The number of fused-ring (bicyclic) bond motifs is 2. The van der Waals surface area contributed by atoms with Gasteiger partial charge in [0.15, 0.2) is 0 Å². The number of benzene rings is 2. The Morgan fingerprint density at radius 2 is 1.56 bits per heavy atom. The van der Waals surface area contributed by atoms with Crippen LogP contribution in [0.15, 0.2) is 60.7 Å². The van der Waals surface area contributed by atoms with Crippen LogP contribution in [0.1, 0.15) is 22.7 Å². The van der Waals surface area contributed by atoms with E-state index in [1.807, 2.05) is 0 Å². The molecule has 6 nitrogen and oxygen atoms in total. The Balaban J connectivity index is 0.000000242. The van der Waals surface area contributed by atoms with Gasteiger partial charge < -0.3 is 21.3 Å². The molecule has 0 radical (unpaired) electrons. The van der Waals surface area contributed by atoms with Crippen molar-refractivity contribution in [1.82, 2.24) is 0 Å². The van der Waals surface area contributed by atoms with Crippen LogP contribution >= 0.6 is 0 Å². The molecule has 0 saturated heterocycles. The molecule has 0 aliphatic carbocycles. The van der Waals surface area contributed by atoms with Crippen LogP contribution in [-0.2, 0) is 16.0 Å². The standard InChI is InChI=1S/C15H16N2.C4H4O4/c16-10-15-13-7-3-1-5-11(13)9-12-6-2-4-8-14(12)17-15;5-3(6)1-2-4(7)8/h1-8,15,17H,9-10,16H2;1-2H,(H,5,6)(H,7,8)/b;2-1+. The molecule has 25 heavy (non-hydrogen) atoms. The van der Waals surface area contributed by atoms with Crippen LogP contribution in [0.25, 0.3) is 0 Å². The maximum atomic E-state index is 9.55. The zero-order chi connectivity index (χ0) is 18.2. The van der Waals surface area contributed by atoms with Crippen molar-refractivity contribution in [3.63, 3.8) is 0 Å². The summed E-state index contributed by atoms with van der Waals surface area (Å²) in [5.74, 6) is -2.51. The van der Waals surface area contributed by atoms with Gasteiger partial charge in [0, 0.05) is 24.4 Å². The van der Waals surface area contributed by atoms with E-state index >= 15 is 0 Å². The number of para-hydroxylation sites is 1. The first kappa shape index (κ1) is 18.2. The molecule has 3 rings (SSSR count). The van der Waals surface area contributed by atoms with E-state index in [1.165, 1.54) is 22.4 Å². The Bertz CT molecular complexity index is 770. The van der Waals surface area contributed by atoms with Crippen molar-refractivity contribution in [2.75, 3.05) is 11.9 Å². The summed E-state index contributed by atoms with van der Waals surface area (Å²) in [5.41, 5.74) is 11.1. The maximum absolute atomic E-state index is 9.55. The molecule has 0 fully saturated rings. The van der Waals surface area contributed by atoms with Crippen LogP contribution in [0.4, 0.5) is 5.69 Å². The minimum absolute atomic E-state index is 0.217. The first-order valence-electron chi connectivity index (χ1n) is 7.77. The van der Waals surface area contributed by atoms with Gasteiger partial charge in [0.1, 0.15) is 0 Å². The smallest absolute Gasteiger partial charge is 0.328 e. The lowest BCUT2D eigenvalue weighted by Gasteiger charge is -2.18. The highest BCUT2D eigenvalue weighted by Gasteiger charge is 2.19. The second-order valence-corrected chi connectivity index (χ2v) is 5.48. The van der Waals surface area contributed by atoms with Crippen molar-refractivity contribution >= 4 is 17.6 Å². The third-order valence-corrected chi connectivity index (χ3v) is 3.76. The topological polar surface area (TPSA) is 113 Å². The molecule has 1 unspecified atom stereocenters. The van der Waals surface area contributed by atoms with Crippen molar-refractivity contribution in [3.05, 3.63) is 77.4 Å². The maximum Gasteiger partial charge on any atom is 0.328 e.